The molecule has 0 saturated heterocycles. The molecular formula is C19H17F2N5O. The number of amides is 2. The van der Waals surface area contributed by atoms with Gasteiger partial charge in [-0.2, -0.15) is 0 Å². The summed E-state index contributed by atoms with van der Waals surface area (Å²) in [5, 5.41) is 5.03. The Labute approximate surface area is 154 Å². The summed E-state index contributed by atoms with van der Waals surface area (Å²) in [6.07, 6.45) is 3.19. The van der Waals surface area contributed by atoms with E-state index in [2.05, 4.69) is 20.6 Å². The summed E-state index contributed by atoms with van der Waals surface area (Å²) in [5.41, 5.74) is 1.95. The van der Waals surface area contributed by atoms with Crippen molar-refractivity contribution < 1.29 is 13.6 Å². The maximum Gasteiger partial charge on any atom is 0.323 e. The monoisotopic (exact) mass is 369 g/mol. The van der Waals surface area contributed by atoms with Gasteiger partial charge in [0.25, 0.3) is 0 Å². The molecule has 6 nitrogen and oxygen atoms in total. The van der Waals surface area contributed by atoms with Crippen LogP contribution in [0.3, 0.4) is 0 Å². The second-order valence-corrected chi connectivity index (χ2v) is 5.94. The fraction of sp³-hybridized carbons (Fsp3) is 0.105. The van der Waals surface area contributed by atoms with E-state index in [1.54, 1.807) is 30.6 Å². The molecule has 1 aromatic heterocycles. The van der Waals surface area contributed by atoms with Gasteiger partial charge >= 0.3 is 6.03 Å². The van der Waals surface area contributed by atoms with Crippen molar-refractivity contribution in [3.63, 3.8) is 0 Å². The molecule has 1 heterocycles. The van der Waals surface area contributed by atoms with Crippen molar-refractivity contribution in [2.24, 2.45) is 0 Å². The Morgan fingerprint density at radius 1 is 0.926 bits per heavy atom. The fourth-order valence-corrected chi connectivity index (χ4v) is 2.53. The molecule has 0 aliphatic heterocycles. The van der Waals surface area contributed by atoms with Crippen molar-refractivity contribution in [2.45, 2.75) is 0 Å². The average Bonchev–Trinajstić information content (AvgIpc) is 2.61. The Morgan fingerprint density at radius 3 is 2.30 bits per heavy atom. The Balaban J connectivity index is 1.79. The van der Waals surface area contributed by atoms with Crippen molar-refractivity contribution in [3.05, 3.63) is 66.5 Å². The highest BCUT2D eigenvalue weighted by molar-refractivity contribution is 6.00. The van der Waals surface area contributed by atoms with E-state index in [1.807, 2.05) is 25.1 Å². The molecule has 0 bridgehead atoms. The first-order valence-corrected chi connectivity index (χ1v) is 8.05. The summed E-state index contributed by atoms with van der Waals surface area (Å²) in [6, 6.07) is 9.22. The number of benzene rings is 2. The molecule has 2 amide bonds. The van der Waals surface area contributed by atoms with E-state index in [1.165, 1.54) is 0 Å². The SMILES string of the molecule is CN(C)c1nccnc1-c1cccc(NC(=O)Nc2cc(F)cc(F)c2)c1. The lowest BCUT2D eigenvalue weighted by Crippen LogP contribution is -2.19. The minimum atomic E-state index is -0.772. The normalized spacial score (nSPS) is 10.4. The molecule has 0 spiro atoms. The van der Waals surface area contributed by atoms with Crippen LogP contribution < -0.4 is 15.5 Å². The number of urea groups is 1. The molecule has 0 aliphatic rings. The number of hydrogen-bond acceptors (Lipinski definition) is 4. The zero-order valence-corrected chi connectivity index (χ0v) is 14.7. The predicted octanol–water partition coefficient (Wildman–Crippen LogP) is 4.13. The number of nitrogens with one attached hydrogen (secondary N) is 2. The number of rotatable bonds is 4. The van der Waals surface area contributed by atoms with Crippen LogP contribution in [0.15, 0.2) is 54.9 Å². The third-order valence-corrected chi connectivity index (χ3v) is 3.62. The molecule has 138 valence electrons. The van der Waals surface area contributed by atoms with Crippen LogP contribution >= 0.6 is 0 Å². The molecular weight excluding hydrogens is 352 g/mol. The van der Waals surface area contributed by atoms with Gasteiger partial charge in [0.2, 0.25) is 0 Å². The van der Waals surface area contributed by atoms with Crippen LogP contribution in [0.25, 0.3) is 11.3 Å². The number of carbonyl (C=O) groups is 1. The van der Waals surface area contributed by atoms with Crippen LogP contribution in [0, 0.1) is 11.6 Å². The number of aromatic nitrogens is 2. The van der Waals surface area contributed by atoms with E-state index < -0.39 is 17.7 Å². The smallest absolute Gasteiger partial charge is 0.323 e. The maximum absolute atomic E-state index is 13.2. The summed E-state index contributed by atoms with van der Waals surface area (Å²) in [6.45, 7) is 0. The summed E-state index contributed by atoms with van der Waals surface area (Å²) in [7, 11) is 3.72. The molecule has 8 heteroatoms. The molecule has 27 heavy (non-hydrogen) atoms. The van der Waals surface area contributed by atoms with Gasteiger partial charge in [0, 0.05) is 49.5 Å². The van der Waals surface area contributed by atoms with Gasteiger partial charge in [0.15, 0.2) is 5.82 Å². The molecule has 2 aromatic carbocycles. The van der Waals surface area contributed by atoms with Gasteiger partial charge in [-0.1, -0.05) is 12.1 Å². The minimum absolute atomic E-state index is 0.0185. The number of carbonyl (C=O) groups excluding carboxylic acids is 1. The summed E-state index contributed by atoms with van der Waals surface area (Å²) in [5.74, 6) is -0.855. The van der Waals surface area contributed by atoms with Crippen LogP contribution in [0.5, 0.6) is 0 Å². The van der Waals surface area contributed by atoms with Gasteiger partial charge in [-0.25, -0.2) is 18.6 Å². The topological polar surface area (TPSA) is 70.2 Å². The molecule has 3 rings (SSSR count). The minimum Gasteiger partial charge on any atom is -0.361 e. The summed E-state index contributed by atoms with van der Waals surface area (Å²) >= 11 is 0. The zero-order valence-electron chi connectivity index (χ0n) is 14.7. The molecule has 0 atom stereocenters. The van der Waals surface area contributed by atoms with Gasteiger partial charge in [-0.3, -0.25) is 4.98 Å². The highest BCUT2D eigenvalue weighted by Crippen LogP contribution is 2.27. The van der Waals surface area contributed by atoms with E-state index in [0.29, 0.717) is 17.2 Å². The first-order valence-electron chi connectivity index (χ1n) is 8.05. The fourth-order valence-electron chi connectivity index (χ4n) is 2.53. The number of hydrogen-bond donors (Lipinski definition) is 2. The van der Waals surface area contributed by atoms with Gasteiger partial charge in [-0.15, -0.1) is 0 Å². The third kappa shape index (κ3) is 4.55. The first-order chi connectivity index (χ1) is 12.9. The van der Waals surface area contributed by atoms with E-state index in [4.69, 9.17) is 0 Å². The second-order valence-electron chi connectivity index (χ2n) is 5.94. The van der Waals surface area contributed by atoms with E-state index >= 15 is 0 Å². The summed E-state index contributed by atoms with van der Waals surface area (Å²) < 4.78 is 26.4. The molecule has 0 radical (unpaired) electrons. The Morgan fingerprint density at radius 2 is 1.59 bits per heavy atom. The Bertz CT molecular complexity index is 958. The second kappa shape index (κ2) is 7.77. The zero-order chi connectivity index (χ0) is 19.4. The predicted molar refractivity (Wildman–Crippen MR) is 101 cm³/mol. The van der Waals surface area contributed by atoms with Crippen LogP contribution in [-0.2, 0) is 0 Å². The number of anilines is 3. The van der Waals surface area contributed by atoms with Crippen LogP contribution in [0.4, 0.5) is 30.8 Å². The van der Waals surface area contributed by atoms with Gasteiger partial charge in [0.1, 0.15) is 17.3 Å². The third-order valence-electron chi connectivity index (χ3n) is 3.62. The van der Waals surface area contributed by atoms with Crippen molar-refractivity contribution in [1.82, 2.24) is 9.97 Å². The molecule has 0 aliphatic carbocycles. The highest BCUT2D eigenvalue weighted by atomic mass is 19.1. The van der Waals surface area contributed by atoms with E-state index in [-0.39, 0.29) is 5.69 Å². The van der Waals surface area contributed by atoms with Gasteiger partial charge in [-0.05, 0) is 24.3 Å². The highest BCUT2D eigenvalue weighted by Gasteiger charge is 2.11. The lowest BCUT2D eigenvalue weighted by molar-refractivity contribution is 0.262. The van der Waals surface area contributed by atoms with E-state index in [0.717, 1.165) is 23.8 Å². The van der Waals surface area contributed by atoms with Crippen molar-refractivity contribution in [2.75, 3.05) is 29.6 Å². The van der Waals surface area contributed by atoms with Crippen LogP contribution in [0.1, 0.15) is 0 Å². The number of halogens is 2. The standard InChI is InChI=1S/C19H17F2N5O/c1-26(2)18-17(22-6-7-23-18)12-4-3-5-15(8-12)24-19(27)25-16-10-13(20)9-14(21)11-16/h3-11H,1-2H3,(H2,24,25,27). The van der Waals surface area contributed by atoms with Crippen molar-refractivity contribution in [3.8, 4) is 11.3 Å². The van der Waals surface area contributed by atoms with E-state index in [9.17, 15) is 13.6 Å². The molecule has 3 aromatic rings. The largest absolute Gasteiger partial charge is 0.361 e. The van der Waals surface area contributed by atoms with Crippen LogP contribution in [0.2, 0.25) is 0 Å². The van der Waals surface area contributed by atoms with Crippen LogP contribution in [-0.4, -0.2) is 30.1 Å². The molecule has 0 unspecified atom stereocenters. The molecule has 0 fully saturated rings. The average molecular weight is 369 g/mol. The number of nitrogens with zero attached hydrogens (tertiary/aromatic N) is 3. The molecule has 2 N–H and O–H groups in total. The van der Waals surface area contributed by atoms with Gasteiger partial charge < -0.3 is 15.5 Å². The summed E-state index contributed by atoms with van der Waals surface area (Å²) in [4.78, 5) is 22.6. The quantitative estimate of drug-likeness (QED) is 0.725. The molecule has 0 saturated carbocycles. The lowest BCUT2D eigenvalue weighted by atomic mass is 10.1. The van der Waals surface area contributed by atoms with Crippen molar-refractivity contribution >= 4 is 23.2 Å². The lowest BCUT2D eigenvalue weighted by Gasteiger charge is -2.15. The van der Waals surface area contributed by atoms with Gasteiger partial charge in [0.05, 0.1) is 0 Å². The Kier molecular flexibility index (Phi) is 5.25. The Hall–Kier alpha value is -3.55. The first kappa shape index (κ1) is 18.2. The van der Waals surface area contributed by atoms with Crippen molar-refractivity contribution in [1.29, 1.82) is 0 Å². The maximum atomic E-state index is 13.2.